The van der Waals surface area contributed by atoms with Gasteiger partial charge in [-0.2, -0.15) is 5.10 Å². The van der Waals surface area contributed by atoms with Crippen LogP contribution >= 0.6 is 28.1 Å². The Labute approximate surface area is 147 Å². The standard InChI is InChI=1S/C16H14BrN3O2S/c1-10-2-4-11(5-3-10)15(21)22-14-7-6-13(17)8-12(14)9-19-20-16(18)23/h2-9H,1H3,(H3,18,20,23)/b19-9+. The number of halogens is 1. The zero-order valence-electron chi connectivity index (χ0n) is 12.2. The Kier molecular flexibility index (Phi) is 5.84. The fraction of sp³-hybridized carbons (Fsp3) is 0.0625. The van der Waals surface area contributed by atoms with Gasteiger partial charge in [-0.3, -0.25) is 5.43 Å². The molecule has 0 radical (unpaired) electrons. The molecule has 7 heteroatoms. The highest BCUT2D eigenvalue weighted by molar-refractivity contribution is 9.10. The van der Waals surface area contributed by atoms with E-state index in [1.54, 1.807) is 30.3 Å². The lowest BCUT2D eigenvalue weighted by molar-refractivity contribution is 0.0734. The van der Waals surface area contributed by atoms with Crippen LogP contribution in [-0.2, 0) is 0 Å². The molecular formula is C16H14BrN3O2S. The molecule has 0 aliphatic rings. The molecule has 0 aromatic heterocycles. The van der Waals surface area contributed by atoms with Crippen LogP contribution in [0.3, 0.4) is 0 Å². The number of rotatable bonds is 4. The smallest absolute Gasteiger partial charge is 0.343 e. The van der Waals surface area contributed by atoms with E-state index in [-0.39, 0.29) is 5.11 Å². The third kappa shape index (κ3) is 5.15. The van der Waals surface area contributed by atoms with E-state index in [4.69, 9.17) is 10.5 Å². The van der Waals surface area contributed by atoms with Gasteiger partial charge in [0.15, 0.2) is 5.11 Å². The second-order valence-corrected chi connectivity index (χ2v) is 6.03. The van der Waals surface area contributed by atoms with Crippen LogP contribution in [0.15, 0.2) is 52.0 Å². The summed E-state index contributed by atoms with van der Waals surface area (Å²) in [6, 6.07) is 12.4. The number of nitrogens with zero attached hydrogens (tertiary/aromatic N) is 1. The van der Waals surface area contributed by atoms with E-state index >= 15 is 0 Å². The number of hydrogen-bond donors (Lipinski definition) is 2. The first-order chi connectivity index (χ1) is 11.0. The normalized spacial score (nSPS) is 10.5. The van der Waals surface area contributed by atoms with Crippen molar-refractivity contribution in [2.45, 2.75) is 6.92 Å². The molecule has 2 rings (SSSR count). The molecule has 2 aromatic rings. The molecule has 5 nitrogen and oxygen atoms in total. The van der Waals surface area contributed by atoms with Crippen molar-refractivity contribution in [2.75, 3.05) is 0 Å². The molecular weight excluding hydrogens is 378 g/mol. The second-order valence-electron chi connectivity index (χ2n) is 4.67. The average Bonchev–Trinajstić information content (AvgIpc) is 2.50. The minimum absolute atomic E-state index is 0.0504. The van der Waals surface area contributed by atoms with E-state index in [1.165, 1.54) is 6.21 Å². The van der Waals surface area contributed by atoms with Gasteiger partial charge in [0, 0.05) is 10.0 Å². The number of hydrogen-bond acceptors (Lipinski definition) is 4. The molecule has 3 N–H and O–H groups in total. The molecule has 0 amide bonds. The highest BCUT2D eigenvalue weighted by Gasteiger charge is 2.11. The maximum atomic E-state index is 12.2. The summed E-state index contributed by atoms with van der Waals surface area (Å²) in [5.74, 6) is -0.0588. The second kappa shape index (κ2) is 7.85. The van der Waals surface area contributed by atoms with Crippen LogP contribution in [0.2, 0.25) is 0 Å². The summed E-state index contributed by atoms with van der Waals surface area (Å²) in [6.45, 7) is 1.95. The number of hydrazone groups is 1. The SMILES string of the molecule is Cc1ccc(C(=O)Oc2ccc(Br)cc2/C=N/NC(N)=S)cc1. The van der Waals surface area contributed by atoms with E-state index in [9.17, 15) is 4.79 Å². The maximum absolute atomic E-state index is 12.2. The van der Waals surface area contributed by atoms with E-state index in [2.05, 4.69) is 38.7 Å². The third-order valence-corrected chi connectivity index (χ3v) is 3.42. The monoisotopic (exact) mass is 391 g/mol. The van der Waals surface area contributed by atoms with Crippen molar-refractivity contribution in [3.8, 4) is 5.75 Å². The van der Waals surface area contributed by atoms with Crippen LogP contribution in [-0.4, -0.2) is 17.3 Å². The van der Waals surface area contributed by atoms with E-state index < -0.39 is 5.97 Å². The zero-order chi connectivity index (χ0) is 16.8. The molecule has 23 heavy (non-hydrogen) atoms. The predicted molar refractivity (Wildman–Crippen MR) is 97.8 cm³/mol. The average molecular weight is 392 g/mol. The van der Waals surface area contributed by atoms with E-state index in [0.29, 0.717) is 16.9 Å². The third-order valence-electron chi connectivity index (χ3n) is 2.84. The fourth-order valence-corrected chi connectivity index (χ4v) is 2.16. The van der Waals surface area contributed by atoms with E-state index in [0.717, 1.165) is 10.0 Å². The van der Waals surface area contributed by atoms with Gasteiger partial charge >= 0.3 is 5.97 Å². The van der Waals surface area contributed by atoms with Crippen molar-refractivity contribution in [1.82, 2.24) is 5.43 Å². The van der Waals surface area contributed by atoms with Gasteiger partial charge < -0.3 is 10.5 Å². The molecule has 0 fully saturated rings. The van der Waals surface area contributed by atoms with Crippen molar-refractivity contribution >= 4 is 45.4 Å². The summed E-state index contributed by atoms with van der Waals surface area (Å²) in [6.07, 6.45) is 1.47. The predicted octanol–water partition coefficient (Wildman–Crippen LogP) is 3.14. The van der Waals surface area contributed by atoms with Gasteiger partial charge in [0.25, 0.3) is 0 Å². The number of nitrogens with two attached hydrogens (primary N) is 1. The highest BCUT2D eigenvalue weighted by atomic mass is 79.9. The lowest BCUT2D eigenvalue weighted by Gasteiger charge is -2.08. The number of carbonyl (C=O) groups excluding carboxylic acids is 1. The number of benzene rings is 2. The number of aryl methyl sites for hydroxylation is 1. The Morgan fingerprint density at radius 2 is 2.00 bits per heavy atom. The molecule has 0 saturated heterocycles. The lowest BCUT2D eigenvalue weighted by Crippen LogP contribution is -2.24. The van der Waals surface area contributed by atoms with Gasteiger partial charge in [0.2, 0.25) is 0 Å². The number of ether oxygens (including phenoxy) is 1. The van der Waals surface area contributed by atoms with Gasteiger partial charge in [-0.15, -0.1) is 0 Å². The van der Waals surface area contributed by atoms with Gasteiger partial charge in [-0.1, -0.05) is 33.6 Å². The van der Waals surface area contributed by atoms with Crippen molar-refractivity contribution < 1.29 is 9.53 Å². The summed E-state index contributed by atoms with van der Waals surface area (Å²) in [5, 5.41) is 3.93. The molecule has 0 saturated carbocycles. The highest BCUT2D eigenvalue weighted by Crippen LogP contribution is 2.23. The van der Waals surface area contributed by atoms with Crippen molar-refractivity contribution in [1.29, 1.82) is 0 Å². The molecule has 0 aliphatic carbocycles. The van der Waals surface area contributed by atoms with Crippen LogP contribution in [0.4, 0.5) is 0 Å². The van der Waals surface area contributed by atoms with Crippen molar-refractivity contribution in [3.63, 3.8) is 0 Å². The van der Waals surface area contributed by atoms with Gasteiger partial charge in [-0.05, 0) is 49.5 Å². The Balaban J connectivity index is 2.21. The molecule has 2 aromatic carbocycles. The van der Waals surface area contributed by atoms with Gasteiger partial charge in [0.05, 0.1) is 11.8 Å². The minimum atomic E-state index is -0.440. The summed E-state index contributed by atoms with van der Waals surface area (Å²) >= 11 is 8.04. The Morgan fingerprint density at radius 3 is 2.65 bits per heavy atom. The quantitative estimate of drug-likeness (QED) is 0.275. The van der Waals surface area contributed by atoms with E-state index in [1.807, 2.05) is 19.1 Å². The van der Waals surface area contributed by atoms with Crippen LogP contribution in [0, 0.1) is 6.92 Å². The first-order valence-electron chi connectivity index (χ1n) is 6.62. The topological polar surface area (TPSA) is 76.7 Å². The molecule has 0 spiro atoms. The van der Waals surface area contributed by atoms with Crippen LogP contribution in [0.1, 0.15) is 21.5 Å². The molecule has 0 heterocycles. The first kappa shape index (κ1) is 17.1. The number of carbonyl (C=O) groups is 1. The fourth-order valence-electron chi connectivity index (χ4n) is 1.73. The molecule has 0 unspecified atom stereocenters. The summed E-state index contributed by atoms with van der Waals surface area (Å²) in [4.78, 5) is 12.2. The Bertz CT molecular complexity index is 760. The lowest BCUT2D eigenvalue weighted by atomic mass is 10.1. The van der Waals surface area contributed by atoms with Gasteiger partial charge in [-0.25, -0.2) is 4.79 Å². The Hall–Kier alpha value is -2.25. The first-order valence-corrected chi connectivity index (χ1v) is 7.83. The number of esters is 1. The van der Waals surface area contributed by atoms with Crippen LogP contribution in [0.5, 0.6) is 5.75 Å². The van der Waals surface area contributed by atoms with Crippen molar-refractivity contribution in [2.24, 2.45) is 10.8 Å². The molecule has 0 bridgehead atoms. The van der Waals surface area contributed by atoms with Gasteiger partial charge in [0.1, 0.15) is 5.75 Å². The van der Waals surface area contributed by atoms with Crippen LogP contribution in [0.25, 0.3) is 0 Å². The largest absolute Gasteiger partial charge is 0.422 e. The molecule has 0 aliphatic heterocycles. The Morgan fingerprint density at radius 1 is 1.30 bits per heavy atom. The summed E-state index contributed by atoms with van der Waals surface area (Å²) in [7, 11) is 0. The molecule has 0 atom stereocenters. The zero-order valence-corrected chi connectivity index (χ0v) is 14.6. The minimum Gasteiger partial charge on any atom is -0.422 e. The number of nitrogens with one attached hydrogen (secondary N) is 1. The summed E-state index contributed by atoms with van der Waals surface area (Å²) in [5.41, 5.74) is 9.91. The van der Waals surface area contributed by atoms with Crippen LogP contribution < -0.4 is 15.9 Å². The number of thiocarbonyl (C=S) groups is 1. The maximum Gasteiger partial charge on any atom is 0.343 e. The van der Waals surface area contributed by atoms with Crippen molar-refractivity contribution in [3.05, 3.63) is 63.6 Å². The summed E-state index contributed by atoms with van der Waals surface area (Å²) < 4.78 is 6.26. The molecule has 118 valence electrons.